The molecule has 0 saturated heterocycles. The first kappa shape index (κ1) is 23.8. The molecule has 0 bridgehead atoms. The van der Waals surface area contributed by atoms with Crippen molar-refractivity contribution in [3.05, 3.63) is 46.5 Å². The van der Waals surface area contributed by atoms with Crippen LogP contribution in [0, 0.1) is 0 Å². The summed E-state index contributed by atoms with van der Waals surface area (Å²) in [4.78, 5) is 16.8. The predicted molar refractivity (Wildman–Crippen MR) is 115 cm³/mol. The van der Waals surface area contributed by atoms with Crippen molar-refractivity contribution in [3.63, 3.8) is 0 Å². The molecule has 0 radical (unpaired) electrons. The molecule has 2 rings (SSSR count). The van der Waals surface area contributed by atoms with E-state index >= 15 is 0 Å². The number of aromatic nitrogens is 2. The van der Waals surface area contributed by atoms with Gasteiger partial charge in [0, 0.05) is 34.5 Å². The number of amides is 1. The van der Waals surface area contributed by atoms with Crippen LogP contribution < -0.4 is 5.32 Å². The van der Waals surface area contributed by atoms with Crippen molar-refractivity contribution in [2.45, 2.75) is 65.4 Å². The molecule has 0 atom stereocenters. The topological polar surface area (TPSA) is 79.4 Å². The standard InChI is InChI=1S/C21H27ClF2N4O2/c1-4-7-16(18(30-21(23)24)10-14(22)5-2)25-15(6-3)11-20(29)26-19-12-17(27-28-19)13-8-9-13/h5-6,10,12-13,21H,4,7-9,11H2,1-3H3,(H2,26,27,28,29)/b14-5+,15-6-,18-10+,25-16-. The van der Waals surface area contributed by atoms with Crippen molar-refractivity contribution < 1.29 is 18.3 Å². The normalized spacial score (nSPS) is 16.2. The molecular weight excluding hydrogens is 414 g/mol. The third-order valence-corrected chi connectivity index (χ3v) is 4.70. The van der Waals surface area contributed by atoms with Crippen LogP contribution in [-0.2, 0) is 9.53 Å². The zero-order valence-electron chi connectivity index (χ0n) is 17.3. The first-order valence-corrected chi connectivity index (χ1v) is 10.3. The fraction of sp³-hybridized carbons (Fsp3) is 0.476. The molecule has 0 aromatic carbocycles. The maximum Gasteiger partial charge on any atom is 0.387 e. The largest absolute Gasteiger partial charge is 0.433 e. The number of hydrogen-bond donors (Lipinski definition) is 2. The van der Waals surface area contributed by atoms with Gasteiger partial charge in [-0.25, -0.2) is 0 Å². The van der Waals surface area contributed by atoms with Gasteiger partial charge >= 0.3 is 6.61 Å². The molecule has 9 heteroatoms. The lowest BCUT2D eigenvalue weighted by Gasteiger charge is -2.13. The summed E-state index contributed by atoms with van der Waals surface area (Å²) in [6.07, 6.45) is 7.78. The molecule has 0 unspecified atom stereocenters. The number of nitrogens with one attached hydrogen (secondary N) is 2. The van der Waals surface area contributed by atoms with Gasteiger partial charge in [-0.05, 0) is 33.1 Å². The Morgan fingerprint density at radius 1 is 1.43 bits per heavy atom. The SMILES string of the molecule is C\C=C(CC(=O)Nc1cc(C2CC2)[nH]n1)/N=C(CCC)\C(=C/C(Cl)=C\C)OC(F)F. The van der Waals surface area contributed by atoms with Gasteiger partial charge in [-0.3, -0.25) is 14.9 Å². The van der Waals surface area contributed by atoms with Gasteiger partial charge in [-0.2, -0.15) is 13.9 Å². The van der Waals surface area contributed by atoms with Gasteiger partial charge in [0.25, 0.3) is 0 Å². The second-order valence-electron chi connectivity index (χ2n) is 6.86. The minimum Gasteiger partial charge on any atom is -0.433 e. The molecular formula is C21H27ClF2N4O2. The Labute approximate surface area is 180 Å². The fourth-order valence-electron chi connectivity index (χ4n) is 2.70. The van der Waals surface area contributed by atoms with E-state index in [4.69, 9.17) is 11.6 Å². The zero-order valence-corrected chi connectivity index (χ0v) is 18.1. The summed E-state index contributed by atoms with van der Waals surface area (Å²) in [5.41, 5.74) is 1.74. The van der Waals surface area contributed by atoms with E-state index < -0.39 is 6.61 Å². The minimum atomic E-state index is -3.02. The van der Waals surface area contributed by atoms with E-state index in [1.165, 1.54) is 6.08 Å². The molecule has 1 saturated carbocycles. The third-order valence-electron chi connectivity index (χ3n) is 4.37. The Balaban J connectivity index is 2.14. The third kappa shape index (κ3) is 7.74. The Bertz CT molecular complexity index is 855. The molecule has 1 aromatic heterocycles. The van der Waals surface area contributed by atoms with Gasteiger partial charge in [0.15, 0.2) is 5.82 Å². The Hall–Kier alpha value is -2.48. The molecule has 164 valence electrons. The van der Waals surface area contributed by atoms with Crippen LogP contribution in [0.4, 0.5) is 14.6 Å². The zero-order chi connectivity index (χ0) is 22.1. The Kier molecular flexibility index (Phi) is 9.23. The summed E-state index contributed by atoms with van der Waals surface area (Å²) in [5.74, 6) is 0.538. The lowest BCUT2D eigenvalue weighted by Crippen LogP contribution is -2.14. The highest BCUT2D eigenvalue weighted by atomic mass is 35.5. The van der Waals surface area contributed by atoms with Crippen LogP contribution in [-0.4, -0.2) is 28.4 Å². The van der Waals surface area contributed by atoms with E-state index in [9.17, 15) is 13.6 Å². The number of alkyl halides is 2. The van der Waals surface area contributed by atoms with Crippen LogP contribution in [0.5, 0.6) is 0 Å². The van der Waals surface area contributed by atoms with Gasteiger partial charge < -0.3 is 10.1 Å². The van der Waals surface area contributed by atoms with Crippen molar-refractivity contribution in [1.29, 1.82) is 0 Å². The molecule has 1 aliphatic rings. The Morgan fingerprint density at radius 3 is 2.73 bits per heavy atom. The summed E-state index contributed by atoms with van der Waals surface area (Å²) in [6, 6.07) is 1.83. The van der Waals surface area contributed by atoms with Gasteiger partial charge in [0.05, 0.1) is 12.1 Å². The average Bonchev–Trinajstić information content (AvgIpc) is 3.45. The number of halogens is 3. The maximum absolute atomic E-state index is 12.9. The molecule has 0 spiro atoms. The maximum atomic E-state index is 12.9. The van der Waals surface area contributed by atoms with Crippen LogP contribution in [0.1, 0.15) is 64.5 Å². The number of ether oxygens (including phenoxy) is 1. The first-order valence-electron chi connectivity index (χ1n) is 9.92. The molecule has 1 heterocycles. The smallest absolute Gasteiger partial charge is 0.387 e. The van der Waals surface area contributed by atoms with Crippen LogP contribution in [0.2, 0.25) is 0 Å². The molecule has 0 aliphatic heterocycles. The summed E-state index contributed by atoms with van der Waals surface area (Å²) in [5, 5.41) is 10.0. The minimum absolute atomic E-state index is 0.0331. The highest BCUT2D eigenvalue weighted by Gasteiger charge is 2.25. The van der Waals surface area contributed by atoms with Crippen molar-refractivity contribution in [2.24, 2.45) is 4.99 Å². The van der Waals surface area contributed by atoms with E-state index in [2.05, 4.69) is 25.2 Å². The number of hydrogen-bond acceptors (Lipinski definition) is 4. The Morgan fingerprint density at radius 2 is 2.17 bits per heavy atom. The number of aliphatic imine (C=N–C) groups is 1. The second kappa shape index (κ2) is 11.6. The fourth-order valence-corrected chi connectivity index (χ4v) is 2.80. The molecule has 6 nitrogen and oxygen atoms in total. The molecule has 1 fully saturated rings. The number of carbonyl (C=O) groups is 1. The number of carbonyl (C=O) groups excluding carboxylic acids is 1. The number of H-pyrrole nitrogens is 1. The molecule has 2 N–H and O–H groups in total. The lowest BCUT2D eigenvalue weighted by molar-refractivity contribution is -0.115. The number of allylic oxidation sites excluding steroid dienone is 5. The van der Waals surface area contributed by atoms with E-state index in [0.29, 0.717) is 36.0 Å². The van der Waals surface area contributed by atoms with Crippen LogP contribution in [0.15, 0.2) is 45.8 Å². The monoisotopic (exact) mass is 440 g/mol. The van der Waals surface area contributed by atoms with Gasteiger partial charge in [-0.15, -0.1) is 0 Å². The average molecular weight is 441 g/mol. The summed E-state index contributed by atoms with van der Waals surface area (Å²) in [7, 11) is 0. The highest BCUT2D eigenvalue weighted by molar-refractivity contribution is 6.31. The first-order chi connectivity index (χ1) is 14.4. The predicted octanol–water partition coefficient (Wildman–Crippen LogP) is 6.03. The van der Waals surface area contributed by atoms with Crippen LogP contribution >= 0.6 is 11.6 Å². The number of nitrogens with zero attached hydrogens (tertiary/aromatic N) is 2. The van der Waals surface area contributed by atoms with Crippen LogP contribution in [0.25, 0.3) is 0 Å². The van der Waals surface area contributed by atoms with Gasteiger partial charge in [-0.1, -0.05) is 37.1 Å². The summed E-state index contributed by atoms with van der Waals surface area (Å²) >= 11 is 5.98. The quantitative estimate of drug-likeness (QED) is 0.250. The number of rotatable bonds is 11. The summed E-state index contributed by atoms with van der Waals surface area (Å²) < 4.78 is 30.5. The summed E-state index contributed by atoms with van der Waals surface area (Å²) in [6.45, 7) is 2.29. The van der Waals surface area contributed by atoms with Crippen LogP contribution in [0.3, 0.4) is 0 Å². The van der Waals surface area contributed by atoms with Crippen molar-refractivity contribution in [3.8, 4) is 0 Å². The second-order valence-corrected chi connectivity index (χ2v) is 7.29. The molecule has 1 aliphatic carbocycles. The number of anilines is 1. The van der Waals surface area contributed by atoms with E-state index in [1.54, 1.807) is 26.0 Å². The lowest BCUT2D eigenvalue weighted by atomic mass is 10.1. The molecule has 30 heavy (non-hydrogen) atoms. The van der Waals surface area contributed by atoms with E-state index in [1.807, 2.05) is 13.0 Å². The van der Waals surface area contributed by atoms with E-state index in [-0.39, 0.29) is 23.1 Å². The van der Waals surface area contributed by atoms with E-state index in [0.717, 1.165) is 18.5 Å². The molecule has 1 aromatic rings. The van der Waals surface area contributed by atoms with Gasteiger partial charge in [0.2, 0.25) is 5.91 Å². The molecule has 1 amide bonds. The van der Waals surface area contributed by atoms with Crippen molar-refractivity contribution in [2.75, 3.05) is 5.32 Å². The van der Waals surface area contributed by atoms with Gasteiger partial charge in [0.1, 0.15) is 5.76 Å². The van der Waals surface area contributed by atoms with Crippen molar-refractivity contribution >= 4 is 29.0 Å². The highest BCUT2D eigenvalue weighted by Crippen LogP contribution is 2.39. The number of aromatic amines is 1. The van der Waals surface area contributed by atoms with Crippen molar-refractivity contribution in [1.82, 2.24) is 10.2 Å².